The molecule has 1 amide bonds. The zero-order valence-electron chi connectivity index (χ0n) is 14.9. The number of fused-ring (bicyclic) bond motifs is 1. The highest BCUT2D eigenvalue weighted by Crippen LogP contribution is 2.17. The van der Waals surface area contributed by atoms with Gasteiger partial charge in [-0.05, 0) is 36.4 Å². The molecule has 132 valence electrons. The van der Waals surface area contributed by atoms with E-state index in [1.54, 1.807) is 36.6 Å². The van der Waals surface area contributed by atoms with Crippen molar-refractivity contribution in [1.29, 1.82) is 0 Å². The normalized spacial score (nSPS) is 10.7. The molecule has 0 bridgehead atoms. The zero-order chi connectivity index (χ0) is 18.6. The molecule has 0 fully saturated rings. The van der Waals surface area contributed by atoms with Crippen molar-refractivity contribution in [2.24, 2.45) is 0 Å². The maximum atomic E-state index is 12.7. The Balaban J connectivity index is 1.49. The molecule has 0 N–H and O–H groups in total. The molecule has 0 aliphatic heterocycles. The number of amides is 1. The minimum absolute atomic E-state index is 0.0845. The molecular weight excluding hydrogens is 336 g/mol. The fraction of sp³-hybridized carbons (Fsp3) is 0.0909. The van der Waals surface area contributed by atoms with Crippen LogP contribution in [0.1, 0.15) is 16.1 Å². The highest BCUT2D eigenvalue weighted by Gasteiger charge is 2.13. The highest BCUT2D eigenvalue weighted by molar-refractivity contribution is 5.94. The van der Waals surface area contributed by atoms with Gasteiger partial charge in [-0.3, -0.25) is 19.7 Å². The van der Waals surface area contributed by atoms with E-state index >= 15 is 0 Å². The highest BCUT2D eigenvalue weighted by atomic mass is 16.2. The number of hydrogen-bond donors (Lipinski definition) is 0. The van der Waals surface area contributed by atoms with Crippen LogP contribution in [0.5, 0.6) is 0 Å². The Morgan fingerprint density at radius 1 is 0.963 bits per heavy atom. The topological polar surface area (TPSA) is 59.0 Å². The third-order valence-electron chi connectivity index (χ3n) is 4.39. The first-order valence-corrected chi connectivity index (χ1v) is 8.67. The number of hydrogen-bond acceptors (Lipinski definition) is 4. The Hall–Kier alpha value is -3.60. The zero-order valence-corrected chi connectivity index (χ0v) is 14.9. The number of nitrogens with zero attached hydrogens (tertiary/aromatic N) is 4. The summed E-state index contributed by atoms with van der Waals surface area (Å²) in [6, 6.07) is 19.4. The number of rotatable bonds is 4. The van der Waals surface area contributed by atoms with E-state index in [2.05, 4.69) is 15.0 Å². The Labute approximate surface area is 157 Å². The average Bonchev–Trinajstić information content (AvgIpc) is 2.74. The van der Waals surface area contributed by atoms with Crippen molar-refractivity contribution in [1.82, 2.24) is 19.9 Å². The van der Waals surface area contributed by atoms with E-state index in [1.165, 1.54) is 0 Å². The molecule has 27 heavy (non-hydrogen) atoms. The van der Waals surface area contributed by atoms with Crippen LogP contribution in [-0.4, -0.2) is 32.8 Å². The molecule has 0 atom stereocenters. The first kappa shape index (κ1) is 16.8. The van der Waals surface area contributed by atoms with Gasteiger partial charge in [0.2, 0.25) is 0 Å². The molecule has 0 aliphatic rings. The molecule has 5 heteroatoms. The maximum absolute atomic E-state index is 12.7. The van der Waals surface area contributed by atoms with Gasteiger partial charge in [-0.1, -0.05) is 24.3 Å². The van der Waals surface area contributed by atoms with Crippen molar-refractivity contribution < 1.29 is 4.79 Å². The third kappa shape index (κ3) is 3.67. The summed E-state index contributed by atoms with van der Waals surface area (Å²) >= 11 is 0. The summed E-state index contributed by atoms with van der Waals surface area (Å²) in [4.78, 5) is 27.4. The molecule has 0 aliphatic carbocycles. The predicted molar refractivity (Wildman–Crippen MR) is 105 cm³/mol. The quantitative estimate of drug-likeness (QED) is 0.556. The second kappa shape index (κ2) is 7.33. The monoisotopic (exact) mass is 354 g/mol. The number of carbonyl (C=O) groups is 1. The van der Waals surface area contributed by atoms with Gasteiger partial charge >= 0.3 is 0 Å². The van der Waals surface area contributed by atoms with Crippen LogP contribution in [0.25, 0.3) is 22.2 Å². The van der Waals surface area contributed by atoms with Crippen LogP contribution in [0, 0.1) is 0 Å². The van der Waals surface area contributed by atoms with E-state index in [-0.39, 0.29) is 5.91 Å². The summed E-state index contributed by atoms with van der Waals surface area (Å²) in [5.41, 5.74) is 4.12. The van der Waals surface area contributed by atoms with Gasteiger partial charge in [0.1, 0.15) is 0 Å². The molecule has 0 saturated heterocycles. The Morgan fingerprint density at radius 2 is 1.78 bits per heavy atom. The van der Waals surface area contributed by atoms with Gasteiger partial charge in [-0.2, -0.15) is 0 Å². The number of aromatic nitrogens is 3. The lowest BCUT2D eigenvalue weighted by atomic mass is 10.1. The van der Waals surface area contributed by atoms with Gasteiger partial charge in [-0.25, -0.2) is 0 Å². The van der Waals surface area contributed by atoms with Crippen LogP contribution in [0.3, 0.4) is 0 Å². The summed E-state index contributed by atoms with van der Waals surface area (Å²) in [5, 5.41) is 1.09. The fourth-order valence-corrected chi connectivity index (χ4v) is 2.95. The van der Waals surface area contributed by atoms with Gasteiger partial charge in [0.05, 0.1) is 29.0 Å². The first-order chi connectivity index (χ1) is 13.2. The lowest BCUT2D eigenvalue weighted by Crippen LogP contribution is -2.26. The van der Waals surface area contributed by atoms with Crippen molar-refractivity contribution in [3.63, 3.8) is 0 Å². The van der Waals surface area contributed by atoms with Crippen LogP contribution in [-0.2, 0) is 6.54 Å². The molecule has 3 heterocycles. The van der Waals surface area contributed by atoms with Gasteiger partial charge in [0.15, 0.2) is 0 Å². The SMILES string of the molecule is CN(Cc1ccc2ccccc2n1)C(=O)c1ccc(-c2ccncc2)nc1. The molecule has 0 radical (unpaired) electrons. The lowest BCUT2D eigenvalue weighted by Gasteiger charge is -2.17. The van der Waals surface area contributed by atoms with Crippen molar-refractivity contribution in [2.45, 2.75) is 6.54 Å². The van der Waals surface area contributed by atoms with Gasteiger partial charge in [0, 0.05) is 36.6 Å². The van der Waals surface area contributed by atoms with E-state index in [0.717, 1.165) is 27.9 Å². The minimum atomic E-state index is -0.0845. The summed E-state index contributed by atoms with van der Waals surface area (Å²) in [5.74, 6) is -0.0845. The van der Waals surface area contributed by atoms with Gasteiger partial charge in [-0.15, -0.1) is 0 Å². The molecule has 0 unspecified atom stereocenters. The van der Waals surface area contributed by atoms with E-state index in [1.807, 2.05) is 54.6 Å². The van der Waals surface area contributed by atoms with Crippen LogP contribution >= 0.6 is 0 Å². The number of benzene rings is 1. The Morgan fingerprint density at radius 3 is 2.56 bits per heavy atom. The second-order valence-electron chi connectivity index (χ2n) is 6.32. The third-order valence-corrected chi connectivity index (χ3v) is 4.39. The second-order valence-corrected chi connectivity index (χ2v) is 6.32. The molecular formula is C22H18N4O. The minimum Gasteiger partial charge on any atom is -0.336 e. The molecule has 1 aromatic carbocycles. The molecule has 5 nitrogen and oxygen atoms in total. The van der Waals surface area contributed by atoms with Crippen LogP contribution in [0.2, 0.25) is 0 Å². The van der Waals surface area contributed by atoms with Crippen LogP contribution < -0.4 is 0 Å². The first-order valence-electron chi connectivity index (χ1n) is 8.67. The van der Waals surface area contributed by atoms with Gasteiger partial charge < -0.3 is 4.90 Å². The largest absolute Gasteiger partial charge is 0.336 e. The number of para-hydroxylation sites is 1. The Kier molecular flexibility index (Phi) is 4.58. The van der Waals surface area contributed by atoms with E-state index in [4.69, 9.17) is 0 Å². The molecule has 0 spiro atoms. The van der Waals surface area contributed by atoms with Crippen molar-refractivity contribution >= 4 is 16.8 Å². The average molecular weight is 354 g/mol. The van der Waals surface area contributed by atoms with Crippen LogP contribution in [0.4, 0.5) is 0 Å². The standard InChI is InChI=1S/C22H18N4O/c1-26(15-19-8-6-16-4-2-3-5-21(16)25-19)22(27)18-7-9-20(24-14-18)17-10-12-23-13-11-17/h2-14H,15H2,1H3. The molecule has 3 aromatic heterocycles. The smallest absolute Gasteiger partial charge is 0.255 e. The van der Waals surface area contributed by atoms with E-state index in [0.29, 0.717) is 12.1 Å². The predicted octanol–water partition coefficient (Wildman–Crippen LogP) is 3.96. The van der Waals surface area contributed by atoms with Crippen molar-refractivity contribution in [2.75, 3.05) is 7.05 Å². The van der Waals surface area contributed by atoms with Crippen molar-refractivity contribution in [3.8, 4) is 11.3 Å². The summed E-state index contributed by atoms with van der Waals surface area (Å²) in [6.07, 6.45) is 5.06. The molecule has 4 rings (SSSR count). The Bertz CT molecular complexity index is 1080. The molecule has 0 saturated carbocycles. The number of pyridine rings is 3. The van der Waals surface area contributed by atoms with E-state index < -0.39 is 0 Å². The van der Waals surface area contributed by atoms with Gasteiger partial charge in [0.25, 0.3) is 5.91 Å². The van der Waals surface area contributed by atoms with E-state index in [9.17, 15) is 4.79 Å². The maximum Gasteiger partial charge on any atom is 0.255 e. The number of carbonyl (C=O) groups excluding carboxylic acids is 1. The van der Waals surface area contributed by atoms with Crippen LogP contribution in [0.15, 0.2) is 79.3 Å². The fourth-order valence-electron chi connectivity index (χ4n) is 2.95. The lowest BCUT2D eigenvalue weighted by molar-refractivity contribution is 0.0783. The molecule has 4 aromatic rings. The summed E-state index contributed by atoms with van der Waals surface area (Å²) < 4.78 is 0. The van der Waals surface area contributed by atoms with Crippen molar-refractivity contribution in [3.05, 3.63) is 90.5 Å². The summed E-state index contributed by atoms with van der Waals surface area (Å²) in [7, 11) is 1.77. The summed E-state index contributed by atoms with van der Waals surface area (Å²) in [6.45, 7) is 0.440.